The summed E-state index contributed by atoms with van der Waals surface area (Å²) in [7, 11) is 4.21. The van der Waals surface area contributed by atoms with Crippen LogP contribution in [0.1, 0.15) is 28.7 Å². The molecule has 1 aliphatic heterocycles. The summed E-state index contributed by atoms with van der Waals surface area (Å²) in [5, 5.41) is 0. The topological polar surface area (TPSA) is 38.5 Å². The fraction of sp³-hybridized carbons (Fsp3) is 0.333. The van der Waals surface area contributed by atoms with Crippen molar-refractivity contribution in [2.45, 2.75) is 19.4 Å². The molecule has 3 nitrogen and oxygen atoms in total. The lowest BCUT2D eigenvalue weighted by molar-refractivity contribution is 0.307. The van der Waals surface area contributed by atoms with Gasteiger partial charge in [0.15, 0.2) is 0 Å². The first-order valence-electron chi connectivity index (χ1n) is 8.58. The Morgan fingerprint density at radius 1 is 1.12 bits per heavy atom. The second-order valence-electron chi connectivity index (χ2n) is 6.52. The number of fused-ring (bicyclic) bond motifs is 2. The van der Waals surface area contributed by atoms with Crippen LogP contribution in [-0.2, 0) is 13.0 Å². The first kappa shape index (κ1) is 16.7. The van der Waals surface area contributed by atoms with Gasteiger partial charge in [-0.1, -0.05) is 36.4 Å². The molecule has 0 atom stereocenters. The second-order valence-corrected chi connectivity index (χ2v) is 6.52. The predicted octanol–water partition coefficient (Wildman–Crippen LogP) is 3.46. The molecule has 0 fully saturated rings. The summed E-state index contributed by atoms with van der Waals surface area (Å²) in [6.07, 6.45) is 4.25. The summed E-state index contributed by atoms with van der Waals surface area (Å²) in [5.41, 5.74) is 12.0. The van der Waals surface area contributed by atoms with Gasteiger partial charge in [0.05, 0.1) is 0 Å². The summed E-state index contributed by atoms with van der Waals surface area (Å²) in [5.74, 6) is 0.961. The molecule has 24 heavy (non-hydrogen) atoms. The van der Waals surface area contributed by atoms with Gasteiger partial charge in [-0.2, -0.15) is 0 Å². The molecule has 126 valence electrons. The highest BCUT2D eigenvalue weighted by Gasteiger charge is 2.19. The molecule has 0 aliphatic carbocycles. The Kier molecular flexibility index (Phi) is 5.34. The van der Waals surface area contributed by atoms with E-state index in [2.05, 4.69) is 67.5 Å². The third-order valence-electron chi connectivity index (χ3n) is 4.38. The molecular formula is C21H26N2O. The molecule has 0 radical (unpaired) electrons. The maximum Gasteiger partial charge on any atom is 0.127 e. The zero-order chi connectivity index (χ0) is 16.9. The van der Waals surface area contributed by atoms with Crippen molar-refractivity contribution in [2.75, 3.05) is 27.2 Å². The van der Waals surface area contributed by atoms with Gasteiger partial charge in [0.25, 0.3) is 0 Å². The molecule has 1 heterocycles. The van der Waals surface area contributed by atoms with Crippen molar-refractivity contribution in [1.29, 1.82) is 0 Å². The van der Waals surface area contributed by atoms with Crippen molar-refractivity contribution in [3.05, 3.63) is 70.8 Å². The Morgan fingerprint density at radius 3 is 2.75 bits per heavy atom. The lowest BCUT2D eigenvalue weighted by Gasteiger charge is -2.13. The standard InChI is InChI=1S/C21H26N2O/c1-23(2)13-5-8-19-18-7-4-3-6-17(18)15-24-21-10-9-16(11-12-22)14-20(19)21/h3-4,6-10,14H,5,11-13,15,22H2,1-2H3/b19-8-. The number of rotatable bonds is 5. The first-order valence-corrected chi connectivity index (χ1v) is 8.58. The van der Waals surface area contributed by atoms with Crippen molar-refractivity contribution in [1.82, 2.24) is 4.90 Å². The second kappa shape index (κ2) is 7.65. The van der Waals surface area contributed by atoms with Crippen molar-refractivity contribution in [2.24, 2.45) is 5.73 Å². The molecule has 2 aromatic rings. The largest absolute Gasteiger partial charge is 0.488 e. The molecule has 2 N–H and O–H groups in total. The highest BCUT2D eigenvalue weighted by Crippen LogP contribution is 2.37. The molecule has 0 aromatic heterocycles. The molecule has 0 spiro atoms. The van der Waals surface area contributed by atoms with Crippen LogP contribution in [0.3, 0.4) is 0 Å². The van der Waals surface area contributed by atoms with Gasteiger partial charge in [0.1, 0.15) is 12.4 Å². The first-order chi connectivity index (χ1) is 11.7. The predicted molar refractivity (Wildman–Crippen MR) is 100 cm³/mol. The van der Waals surface area contributed by atoms with Crippen LogP contribution in [0, 0.1) is 0 Å². The van der Waals surface area contributed by atoms with Crippen molar-refractivity contribution < 1.29 is 4.74 Å². The average molecular weight is 322 g/mol. The van der Waals surface area contributed by atoms with Crippen LogP contribution in [0.4, 0.5) is 0 Å². The summed E-state index contributed by atoms with van der Waals surface area (Å²) < 4.78 is 6.08. The van der Waals surface area contributed by atoms with Crippen LogP contribution in [0.2, 0.25) is 0 Å². The van der Waals surface area contributed by atoms with Crippen LogP contribution in [0.5, 0.6) is 5.75 Å². The van der Waals surface area contributed by atoms with Gasteiger partial charge >= 0.3 is 0 Å². The normalized spacial score (nSPS) is 14.9. The molecule has 0 unspecified atom stereocenters. The molecule has 3 rings (SSSR count). The Bertz CT molecular complexity index is 734. The summed E-state index contributed by atoms with van der Waals surface area (Å²) in [4.78, 5) is 2.21. The Labute approximate surface area is 144 Å². The van der Waals surface area contributed by atoms with E-state index in [4.69, 9.17) is 10.5 Å². The fourth-order valence-corrected chi connectivity index (χ4v) is 3.13. The van der Waals surface area contributed by atoms with Gasteiger partial charge in [0.2, 0.25) is 0 Å². The zero-order valence-corrected chi connectivity index (χ0v) is 14.6. The Hall–Kier alpha value is -2.10. The minimum Gasteiger partial charge on any atom is -0.488 e. The fourth-order valence-electron chi connectivity index (χ4n) is 3.13. The van der Waals surface area contributed by atoms with E-state index in [1.165, 1.54) is 27.8 Å². The van der Waals surface area contributed by atoms with E-state index >= 15 is 0 Å². The SMILES string of the molecule is CN(C)CC/C=C1/c2ccccc2COc2ccc(CCN)cc21. The maximum absolute atomic E-state index is 6.08. The van der Waals surface area contributed by atoms with E-state index in [9.17, 15) is 0 Å². The Balaban J connectivity index is 2.07. The zero-order valence-electron chi connectivity index (χ0n) is 14.6. The quantitative estimate of drug-likeness (QED) is 0.916. The van der Waals surface area contributed by atoms with Crippen LogP contribution < -0.4 is 10.5 Å². The van der Waals surface area contributed by atoms with Crippen molar-refractivity contribution >= 4 is 5.57 Å². The van der Waals surface area contributed by atoms with E-state index in [0.717, 1.165) is 25.1 Å². The lowest BCUT2D eigenvalue weighted by atomic mass is 9.92. The number of nitrogens with two attached hydrogens (primary N) is 1. The van der Waals surface area contributed by atoms with Gasteiger partial charge in [0, 0.05) is 12.1 Å². The van der Waals surface area contributed by atoms with E-state index in [1.807, 2.05) is 0 Å². The Morgan fingerprint density at radius 2 is 1.96 bits per heavy atom. The number of hydrogen-bond acceptors (Lipinski definition) is 3. The van der Waals surface area contributed by atoms with E-state index in [-0.39, 0.29) is 0 Å². The number of ether oxygens (including phenoxy) is 1. The van der Waals surface area contributed by atoms with Crippen LogP contribution in [0.15, 0.2) is 48.5 Å². The molecule has 1 aliphatic rings. The van der Waals surface area contributed by atoms with E-state index in [1.54, 1.807) is 0 Å². The minimum atomic E-state index is 0.616. The van der Waals surface area contributed by atoms with E-state index in [0.29, 0.717) is 13.2 Å². The van der Waals surface area contributed by atoms with Gasteiger partial charge < -0.3 is 15.4 Å². The number of nitrogens with zero attached hydrogens (tertiary/aromatic N) is 1. The maximum atomic E-state index is 6.08. The molecule has 0 saturated heterocycles. The van der Waals surface area contributed by atoms with Crippen LogP contribution in [0.25, 0.3) is 5.57 Å². The number of benzene rings is 2. The van der Waals surface area contributed by atoms with Crippen molar-refractivity contribution in [3.63, 3.8) is 0 Å². The number of hydrogen-bond donors (Lipinski definition) is 1. The molecule has 0 amide bonds. The van der Waals surface area contributed by atoms with Gasteiger partial charge in [-0.15, -0.1) is 0 Å². The molecule has 0 bridgehead atoms. The average Bonchev–Trinajstić information content (AvgIpc) is 2.72. The third kappa shape index (κ3) is 3.69. The molecule has 3 heteroatoms. The monoisotopic (exact) mass is 322 g/mol. The summed E-state index contributed by atoms with van der Waals surface area (Å²) in [6, 6.07) is 15.0. The van der Waals surface area contributed by atoms with E-state index < -0.39 is 0 Å². The van der Waals surface area contributed by atoms with Gasteiger partial charge in [-0.3, -0.25) is 0 Å². The highest BCUT2D eigenvalue weighted by atomic mass is 16.5. The lowest BCUT2D eigenvalue weighted by Crippen LogP contribution is -2.12. The van der Waals surface area contributed by atoms with Crippen LogP contribution >= 0.6 is 0 Å². The summed E-state index contributed by atoms with van der Waals surface area (Å²) in [6.45, 7) is 2.31. The summed E-state index contributed by atoms with van der Waals surface area (Å²) >= 11 is 0. The molecular weight excluding hydrogens is 296 g/mol. The van der Waals surface area contributed by atoms with Gasteiger partial charge in [-0.25, -0.2) is 0 Å². The highest BCUT2D eigenvalue weighted by molar-refractivity contribution is 5.85. The smallest absolute Gasteiger partial charge is 0.127 e. The molecule has 0 saturated carbocycles. The van der Waals surface area contributed by atoms with Crippen LogP contribution in [-0.4, -0.2) is 32.1 Å². The minimum absolute atomic E-state index is 0.616. The molecule has 2 aromatic carbocycles. The van der Waals surface area contributed by atoms with Gasteiger partial charge in [-0.05, 0) is 67.9 Å². The third-order valence-corrected chi connectivity index (χ3v) is 4.38. The van der Waals surface area contributed by atoms with Crippen molar-refractivity contribution in [3.8, 4) is 5.75 Å².